The first-order chi connectivity index (χ1) is 51.5. The Kier molecular flexibility index (Phi) is 22.0. The second kappa shape index (κ2) is 30.6. The highest BCUT2D eigenvalue weighted by molar-refractivity contribution is 7.13. The predicted octanol–water partition coefficient (Wildman–Crippen LogP) is 13.1. The maximum Gasteiger partial charge on any atom is 0.416 e. The maximum absolute atomic E-state index is 13.4. The summed E-state index contributed by atoms with van der Waals surface area (Å²) in [6, 6.07) is 42.9. The van der Waals surface area contributed by atoms with Gasteiger partial charge in [0.05, 0.1) is 35.1 Å². The highest BCUT2D eigenvalue weighted by Gasteiger charge is 2.52. The number of carbonyl (C=O) groups excluding carboxylic acids is 4. The van der Waals surface area contributed by atoms with Crippen molar-refractivity contribution in [2.24, 2.45) is 48.6 Å². The van der Waals surface area contributed by atoms with Crippen molar-refractivity contribution in [2.75, 3.05) is 34.7 Å². The van der Waals surface area contributed by atoms with Crippen LogP contribution in [0.3, 0.4) is 0 Å². The van der Waals surface area contributed by atoms with Crippen molar-refractivity contribution in [1.29, 1.82) is 10.5 Å². The zero-order valence-electron chi connectivity index (χ0n) is 59.6. The second-order valence-corrected chi connectivity index (χ2v) is 30.0. The van der Waals surface area contributed by atoms with Crippen LogP contribution in [0, 0.1) is 22.7 Å². The van der Waals surface area contributed by atoms with Gasteiger partial charge in [-0.05, 0) is 182 Å². The van der Waals surface area contributed by atoms with Crippen LogP contribution in [0.4, 0.5) is 26.3 Å². The van der Waals surface area contributed by atoms with E-state index in [1.807, 2.05) is 97.2 Å². The molecule has 4 aliphatic rings. The van der Waals surface area contributed by atoms with E-state index in [2.05, 4.69) is 24.9 Å². The van der Waals surface area contributed by atoms with Crippen molar-refractivity contribution < 1.29 is 49.9 Å². The molecule has 5 aromatic heterocycles. The topological polar surface area (TPSA) is 347 Å². The fourth-order valence-corrected chi connectivity index (χ4v) is 16.4. The number of nitriles is 2. The first-order valence-corrected chi connectivity index (χ1v) is 36.2. The van der Waals surface area contributed by atoms with Crippen LogP contribution in [-0.4, -0.2) is 112 Å². The zero-order chi connectivity index (χ0) is 79.0. The minimum Gasteiger partial charge on any atom is -0.464 e. The summed E-state index contributed by atoms with van der Waals surface area (Å²) in [5.74, 6) is -2.80. The Morgan fingerprint density at radius 3 is 1.48 bits per heavy atom. The van der Waals surface area contributed by atoms with Crippen LogP contribution in [0.5, 0.6) is 0 Å². The Bertz CT molecular complexity index is 5220. The smallest absolute Gasteiger partial charge is 0.416 e. The van der Waals surface area contributed by atoms with Gasteiger partial charge in [-0.15, -0.1) is 34.0 Å². The summed E-state index contributed by atoms with van der Waals surface area (Å²) in [6.45, 7) is 7.69. The van der Waals surface area contributed by atoms with Crippen LogP contribution >= 0.6 is 45.6 Å². The van der Waals surface area contributed by atoms with E-state index in [1.165, 1.54) is 87.0 Å². The fraction of sp³-hybridized carbons (Fsp3) is 0.247. The zero-order valence-corrected chi connectivity index (χ0v) is 62.8. The van der Waals surface area contributed by atoms with E-state index in [0.717, 1.165) is 85.5 Å². The van der Waals surface area contributed by atoms with Gasteiger partial charge in [0.15, 0.2) is 29.4 Å². The van der Waals surface area contributed by atoms with Gasteiger partial charge in [0.1, 0.15) is 50.4 Å². The molecule has 1 unspecified atom stereocenters. The van der Waals surface area contributed by atoms with E-state index in [-0.39, 0.29) is 47.5 Å². The number of alkyl halides is 6. The average molecular weight is 1560 g/mol. The summed E-state index contributed by atoms with van der Waals surface area (Å²) < 4.78 is 82.7. The molecule has 9 heterocycles. The van der Waals surface area contributed by atoms with Crippen molar-refractivity contribution in [1.82, 2.24) is 29.6 Å². The number of guanidine groups is 4. The molecule has 4 aliphatic heterocycles. The monoisotopic (exact) mass is 1560 g/mol. The van der Waals surface area contributed by atoms with Gasteiger partial charge in [-0.3, -0.25) is 38.8 Å². The lowest BCUT2D eigenvalue weighted by Crippen LogP contribution is -2.52. The highest BCUT2D eigenvalue weighted by Crippen LogP contribution is 2.51. The number of likely N-dealkylation sites (N-methyl/N-ethyl adjacent to an activating group) is 4. The first kappa shape index (κ1) is 78.5. The Hall–Kier alpha value is -11.6. The summed E-state index contributed by atoms with van der Waals surface area (Å²) in [6.07, 6.45) is -1.50. The first-order valence-electron chi connectivity index (χ1n) is 33.3. The van der Waals surface area contributed by atoms with E-state index in [1.54, 1.807) is 89.1 Å². The van der Waals surface area contributed by atoms with Crippen LogP contribution in [0.2, 0.25) is 5.02 Å². The van der Waals surface area contributed by atoms with Crippen molar-refractivity contribution in [3.05, 3.63) is 244 Å². The molecule has 10 aromatic rings. The van der Waals surface area contributed by atoms with E-state index in [4.69, 9.17) is 60.2 Å². The molecule has 109 heavy (non-hydrogen) atoms. The normalized spacial score (nSPS) is 22.1. The van der Waals surface area contributed by atoms with E-state index < -0.39 is 63.4 Å². The minimum atomic E-state index is -4.47. The van der Waals surface area contributed by atoms with E-state index in [0.29, 0.717) is 42.2 Å². The second-order valence-electron chi connectivity index (χ2n) is 26.5. The number of fused-ring (bicyclic) bond motifs is 1. The third kappa shape index (κ3) is 15.4. The number of thiophene rings is 3. The van der Waals surface area contributed by atoms with Gasteiger partial charge in [0, 0.05) is 71.2 Å². The molecule has 14 rings (SSSR count). The number of hydrogen-bond donors (Lipinski definition) is 5. The van der Waals surface area contributed by atoms with Crippen LogP contribution in [0.15, 0.2) is 200 Å². The molecule has 5 aromatic carbocycles. The number of aliphatic imine (C=N–C) groups is 4. The third-order valence-corrected chi connectivity index (χ3v) is 23.3. The molecule has 0 fully saturated rings. The lowest BCUT2D eigenvalue weighted by atomic mass is 9.77. The molecule has 22 nitrogen and oxygen atoms in total. The lowest BCUT2D eigenvalue weighted by molar-refractivity contribution is -0.138. The van der Waals surface area contributed by atoms with Gasteiger partial charge < -0.3 is 33.1 Å². The molecule has 0 aliphatic carbocycles. The maximum atomic E-state index is 13.4. The molecule has 0 saturated carbocycles. The number of nitrogens with two attached hydrogens (primary N) is 5. The standard InChI is InChI=1S/C22H19N5O2S.C19H21ClN4O.2C18H15F3N4OS/c1-22(18-8-15(11-30-18)16-9-24-12-25-10-16)19(20(28)27(2)21(23)26-22)14-3-4-17-13(7-14)5-6-29-17;1-19(17(25)24(2)18(22)23-19)14-5-3-4-13(10-14)16-11-15(20)7-6-12(16)8-9-21;2*1-17(13-8-7-12(9-22)27-13)14(15(26)25(2)16(23)24-17)10-3-5-11(6-4-10)18(19,20)21/h3-12,19H,1-2H3,(H2,23,26);3-7,10-11H,8-9,21H2,1-2H3,(H2,22,23);2*3-8,14H,1-2H3,(H2,23,24)/t19-,22+;;14-,17+;14-,17-/m0.01/s1. The number of nitrogens with zero attached hydrogens (tertiary/aromatic N) is 12. The van der Waals surface area contributed by atoms with Crippen molar-refractivity contribution in [2.45, 2.75) is 86.4 Å². The van der Waals surface area contributed by atoms with Crippen molar-refractivity contribution in [3.8, 4) is 34.4 Å². The summed E-state index contributed by atoms with van der Waals surface area (Å²) in [7, 11) is 6.22. The van der Waals surface area contributed by atoms with E-state index in [9.17, 15) is 45.5 Å². The number of hydrogen-bond acceptors (Lipinski definition) is 21. The number of benzene rings is 5. The van der Waals surface area contributed by atoms with Gasteiger partial charge in [-0.1, -0.05) is 66.2 Å². The Morgan fingerprint density at radius 2 is 1.02 bits per heavy atom. The summed E-state index contributed by atoms with van der Waals surface area (Å²) >= 11 is 10.1. The van der Waals surface area contributed by atoms with Gasteiger partial charge in [-0.25, -0.2) is 29.9 Å². The summed E-state index contributed by atoms with van der Waals surface area (Å²) in [5.41, 5.74) is 32.0. The summed E-state index contributed by atoms with van der Waals surface area (Å²) in [4.78, 5) is 86.5. The molecule has 10 N–H and O–H groups in total. The Morgan fingerprint density at radius 1 is 0.541 bits per heavy atom. The van der Waals surface area contributed by atoms with Gasteiger partial charge in [0.25, 0.3) is 5.91 Å². The Labute approximate surface area is 638 Å². The number of halogens is 7. The van der Waals surface area contributed by atoms with Gasteiger partial charge in [0.2, 0.25) is 17.7 Å². The number of aromatic nitrogens is 2. The van der Waals surface area contributed by atoms with Crippen LogP contribution in [-0.2, 0) is 60.1 Å². The predicted molar refractivity (Wildman–Crippen MR) is 407 cm³/mol. The van der Waals surface area contributed by atoms with Crippen LogP contribution in [0.1, 0.15) is 109 Å². The van der Waals surface area contributed by atoms with Crippen LogP contribution < -0.4 is 28.7 Å². The highest BCUT2D eigenvalue weighted by atomic mass is 35.5. The van der Waals surface area contributed by atoms with Crippen molar-refractivity contribution in [3.63, 3.8) is 0 Å². The van der Waals surface area contributed by atoms with Gasteiger partial charge in [-0.2, -0.15) is 36.9 Å². The molecule has 7 atom stereocenters. The quantitative estimate of drug-likeness (QED) is 0.0752. The van der Waals surface area contributed by atoms with Crippen molar-refractivity contribution >= 4 is 104 Å². The largest absolute Gasteiger partial charge is 0.464 e. The Balaban J connectivity index is 0.000000145. The molecule has 0 bridgehead atoms. The van der Waals surface area contributed by atoms with Gasteiger partial charge >= 0.3 is 12.4 Å². The molecule has 4 amide bonds. The average Bonchev–Trinajstić information content (AvgIpc) is 1.73. The minimum absolute atomic E-state index is 0.0116. The number of furan rings is 1. The third-order valence-electron chi connectivity index (χ3n) is 19.5. The molecular weight excluding hydrogens is 1490 g/mol. The molecule has 0 saturated heterocycles. The number of rotatable bonds is 11. The molecule has 0 spiro atoms. The molecule has 560 valence electrons. The number of amides is 4. The number of carbonyl (C=O) groups is 4. The summed E-state index contributed by atoms with van der Waals surface area (Å²) in [5, 5.41) is 21.8. The SMILES string of the molecule is CN1C(=O)C(C)(c2cccc(-c3cc(Cl)ccc3CCN)c2)N=C1N.CN1C(=O)[C@@H](c2ccc(C(F)(F)F)cc2)[C@@](C)(c2ccc(C#N)s2)N=C1N.CN1C(=O)[C@H](c2ccc(C(F)(F)F)cc2)[C@@](C)(c2ccc(C#N)s2)N=C1N.CN1C(=O)[C@H](c2ccc3occc3c2)[C@@](C)(c2cc(-c3cncnc3)cs2)N=C1N. The van der Waals surface area contributed by atoms with Crippen LogP contribution in [0.25, 0.3) is 33.2 Å². The molecule has 32 heteroatoms. The lowest BCUT2D eigenvalue weighted by Gasteiger charge is -2.40. The van der Waals surface area contributed by atoms with E-state index >= 15 is 0 Å². The molecule has 0 radical (unpaired) electrons. The molecular formula is C77H70ClF6N17O5S3. The fourth-order valence-electron chi connectivity index (χ4n) is 13.4.